The van der Waals surface area contributed by atoms with Gasteiger partial charge in [0.1, 0.15) is 0 Å². The van der Waals surface area contributed by atoms with Crippen LogP contribution >= 0.6 is 0 Å². The average molecular weight is 205 g/mol. The molecule has 0 spiro atoms. The molecule has 0 atom stereocenters. The van der Waals surface area contributed by atoms with Crippen LogP contribution in [-0.2, 0) is 53.6 Å². The second-order valence-electron chi connectivity index (χ2n) is 0. The smallest absolute Gasteiger partial charge is 0 e. The van der Waals surface area contributed by atoms with Gasteiger partial charge in [0.15, 0.2) is 0 Å². The molecule has 28 valence electrons. The van der Waals surface area contributed by atoms with Crippen LogP contribution in [0.4, 0.5) is 0 Å². The summed E-state index contributed by atoms with van der Waals surface area (Å²) in [6, 6.07) is 0. The van der Waals surface area contributed by atoms with Crippen LogP contribution < -0.4 is 0 Å². The van der Waals surface area contributed by atoms with Crippen molar-refractivity contribution in [1.29, 1.82) is 0 Å². The molecule has 1 nitrogen and oxygen atoms in total. The first-order chi connectivity index (χ1) is 0. The maximum Gasteiger partial charge on any atom is 0 e. The molecule has 0 saturated carbocycles. The fraction of sp³-hybridized carbons (Fsp3) is 0. The van der Waals surface area contributed by atoms with Crippen LogP contribution in [0.2, 0.25) is 0 Å². The van der Waals surface area contributed by atoms with Gasteiger partial charge in [0.2, 0.25) is 0 Å². The van der Waals surface area contributed by atoms with E-state index in [4.69, 9.17) is 0 Å². The molecule has 0 rings (SSSR count). The summed E-state index contributed by atoms with van der Waals surface area (Å²) in [5.74, 6) is 0. The predicted octanol–water partition coefficient (Wildman–Crippen LogP) is -1.21. The van der Waals surface area contributed by atoms with Crippen molar-refractivity contribution in [2.75, 3.05) is 0 Å². The van der Waals surface area contributed by atoms with Gasteiger partial charge in [-0.1, -0.05) is 0 Å². The number of hydrogen-bond donors (Lipinski definition) is 0. The maximum atomic E-state index is 0. The van der Waals surface area contributed by atoms with Gasteiger partial charge >= 0.3 is 0 Å². The molecule has 0 aromatic carbocycles. The van der Waals surface area contributed by atoms with E-state index in [1.165, 1.54) is 0 Å². The van der Waals surface area contributed by atoms with E-state index in [-0.39, 0.29) is 67.5 Å². The zero-order valence-corrected chi connectivity index (χ0v) is 7.77. The Morgan fingerprint density at radius 1 is 1.00 bits per heavy atom. The van der Waals surface area contributed by atoms with Crippen molar-refractivity contribution in [3.05, 3.63) is 0 Å². The first-order valence-corrected chi connectivity index (χ1v) is 0. The fourth-order valence-electron chi connectivity index (χ4n) is 0. The molecule has 0 bridgehead atoms. The molecule has 0 aliphatic heterocycles. The van der Waals surface area contributed by atoms with Crippen LogP contribution in [0.25, 0.3) is 0 Å². The Balaban J connectivity index is 0. The van der Waals surface area contributed by atoms with Gasteiger partial charge in [-0.15, -0.1) is 0 Å². The fourth-order valence-corrected chi connectivity index (χ4v) is 0. The van der Waals surface area contributed by atoms with Gasteiger partial charge in [0, 0.05) is 62.0 Å². The Bertz CT molecular complexity index is 11.6. The predicted molar refractivity (Wildman–Crippen MR) is 9.37 cm³/mol. The Kier molecular flexibility index (Phi) is 667. The number of rotatable bonds is 0. The molecule has 5 heavy (non-hydrogen) atoms. The summed E-state index contributed by atoms with van der Waals surface area (Å²) in [7, 11) is 0. The zero-order valence-electron chi connectivity index (χ0n) is 2.52. The van der Waals surface area contributed by atoms with E-state index < -0.39 is 0 Å². The van der Waals surface area contributed by atoms with Crippen molar-refractivity contribution in [1.82, 2.24) is 0 Å². The van der Waals surface area contributed by atoms with Crippen LogP contribution in [0.3, 0.4) is 0 Å². The van der Waals surface area contributed by atoms with Crippen LogP contribution in [-0.4, -0.2) is 13.9 Å². The topological polar surface area (TPSA) is 31.5 Å². The molecule has 0 aromatic rings. The molecule has 0 fully saturated rings. The second kappa shape index (κ2) is 43.9. The normalized spacial score (nSPS) is 0. The van der Waals surface area contributed by atoms with Crippen molar-refractivity contribution in [2.24, 2.45) is 0 Å². The Morgan fingerprint density at radius 3 is 1.00 bits per heavy atom. The van der Waals surface area contributed by atoms with E-state index in [1.54, 1.807) is 0 Å². The SMILES string of the molecule is O.[B].[Fe].[Mn].[Zn]. The summed E-state index contributed by atoms with van der Waals surface area (Å²) in [4.78, 5) is 0. The van der Waals surface area contributed by atoms with E-state index in [2.05, 4.69) is 0 Å². The van der Waals surface area contributed by atoms with Gasteiger partial charge in [-0.2, -0.15) is 0 Å². The molecule has 2 N–H and O–H groups in total. The Hall–Kier alpha value is 1.69. The minimum atomic E-state index is 0. The summed E-state index contributed by atoms with van der Waals surface area (Å²) in [5.41, 5.74) is 0. The summed E-state index contributed by atoms with van der Waals surface area (Å²) in [6.45, 7) is 0. The van der Waals surface area contributed by atoms with Crippen molar-refractivity contribution in [3.8, 4) is 0 Å². The Morgan fingerprint density at radius 2 is 1.00 bits per heavy atom. The monoisotopic (exact) mass is 204 g/mol. The van der Waals surface area contributed by atoms with E-state index in [0.717, 1.165) is 0 Å². The van der Waals surface area contributed by atoms with Crippen molar-refractivity contribution in [2.45, 2.75) is 0 Å². The van der Waals surface area contributed by atoms with E-state index in [9.17, 15) is 0 Å². The van der Waals surface area contributed by atoms with Crippen molar-refractivity contribution in [3.63, 3.8) is 0 Å². The van der Waals surface area contributed by atoms with Gasteiger partial charge in [-0.3, -0.25) is 0 Å². The standard InChI is InChI=1S/B.Fe.Mn.H2O.Zn/h;;;1H2;. The molecule has 4 radical (unpaired) electrons. The van der Waals surface area contributed by atoms with E-state index in [1.807, 2.05) is 0 Å². The first kappa shape index (κ1) is 76.0. The number of hydrogen-bond acceptors (Lipinski definition) is 0. The quantitative estimate of drug-likeness (QED) is 0.444. The van der Waals surface area contributed by atoms with Crippen LogP contribution in [0, 0.1) is 0 Å². The Labute approximate surface area is 67.2 Å². The summed E-state index contributed by atoms with van der Waals surface area (Å²) < 4.78 is 0. The molecular weight excluding hydrogens is 203 g/mol. The molecule has 0 amide bonds. The molecule has 0 saturated heterocycles. The molecule has 0 heterocycles. The molecule has 5 heteroatoms. The second-order valence-corrected chi connectivity index (χ2v) is 0. The average Bonchev–Trinajstić information content (AvgIpc) is 0. The molecule has 0 aliphatic carbocycles. The van der Waals surface area contributed by atoms with Gasteiger partial charge in [0.25, 0.3) is 0 Å². The molecule has 0 aromatic heterocycles. The zero-order chi connectivity index (χ0) is 0. The molecular formula is H2BFeMnOZn. The third-order valence-corrected chi connectivity index (χ3v) is 0. The van der Waals surface area contributed by atoms with Gasteiger partial charge in [0.05, 0.1) is 0 Å². The largest absolute Gasteiger partial charge is 0.412 e. The minimum Gasteiger partial charge on any atom is -0.412 e. The van der Waals surface area contributed by atoms with E-state index >= 15 is 0 Å². The molecule has 0 aliphatic rings. The third kappa shape index (κ3) is 27.2. The summed E-state index contributed by atoms with van der Waals surface area (Å²) >= 11 is 0. The summed E-state index contributed by atoms with van der Waals surface area (Å²) in [6.07, 6.45) is 0. The minimum absolute atomic E-state index is 0. The van der Waals surface area contributed by atoms with Crippen molar-refractivity contribution < 1.29 is 59.1 Å². The van der Waals surface area contributed by atoms with Gasteiger partial charge < -0.3 is 5.48 Å². The van der Waals surface area contributed by atoms with Crippen LogP contribution in [0.1, 0.15) is 0 Å². The van der Waals surface area contributed by atoms with E-state index in [0.29, 0.717) is 0 Å². The van der Waals surface area contributed by atoms with Crippen LogP contribution in [0.15, 0.2) is 0 Å². The first-order valence-electron chi connectivity index (χ1n) is 0. The van der Waals surface area contributed by atoms with Gasteiger partial charge in [-0.25, -0.2) is 0 Å². The third-order valence-electron chi connectivity index (χ3n) is 0. The maximum absolute atomic E-state index is 0. The van der Waals surface area contributed by atoms with Crippen LogP contribution in [0.5, 0.6) is 0 Å². The van der Waals surface area contributed by atoms with Gasteiger partial charge in [-0.05, 0) is 0 Å². The molecule has 0 unspecified atom stereocenters. The van der Waals surface area contributed by atoms with Crippen molar-refractivity contribution >= 4 is 8.41 Å². The summed E-state index contributed by atoms with van der Waals surface area (Å²) in [5, 5.41) is 0.